The zero-order valence-corrected chi connectivity index (χ0v) is 9.21. The first kappa shape index (κ1) is 13.5. The molecule has 14 heavy (non-hydrogen) atoms. The van der Waals surface area contributed by atoms with E-state index in [0.29, 0.717) is 4.91 Å². The molecule has 0 aliphatic heterocycles. The largest absolute Gasteiger partial charge is 0.480 e. The Morgan fingerprint density at radius 1 is 1.36 bits per heavy atom. The van der Waals surface area contributed by atoms with Crippen molar-refractivity contribution in [2.75, 3.05) is 0 Å². The highest BCUT2D eigenvalue weighted by molar-refractivity contribution is 8.06. The number of aliphatic hydroxyl groups is 2. The predicted octanol–water partition coefficient (Wildman–Crippen LogP) is 1.00. The molecule has 4 nitrogen and oxygen atoms in total. The van der Waals surface area contributed by atoms with Crippen LogP contribution >= 0.6 is 11.8 Å². The van der Waals surface area contributed by atoms with Crippen LogP contribution in [0.15, 0.2) is 11.0 Å². The summed E-state index contributed by atoms with van der Waals surface area (Å²) in [4.78, 5) is 11.0. The van der Waals surface area contributed by atoms with Crippen LogP contribution in [0.2, 0.25) is 0 Å². The van der Waals surface area contributed by atoms with Gasteiger partial charge < -0.3 is 15.3 Å². The fraction of sp³-hybridized carbons (Fsp3) is 0.556. The number of carboxylic acids is 1. The maximum atomic E-state index is 10.5. The van der Waals surface area contributed by atoms with Gasteiger partial charge in [0.15, 0.2) is 0 Å². The van der Waals surface area contributed by atoms with Crippen LogP contribution in [-0.4, -0.2) is 33.5 Å². The molecule has 0 aliphatic rings. The summed E-state index contributed by atoms with van der Waals surface area (Å²) in [5.74, 6) is -1.02. The third kappa shape index (κ3) is 5.26. The SMILES string of the molecule is C[C](S/C(=C/C(C)O)C(C)O)C(=O)O. The molecule has 0 aromatic carbocycles. The van der Waals surface area contributed by atoms with Crippen LogP contribution in [-0.2, 0) is 4.79 Å². The van der Waals surface area contributed by atoms with Crippen LogP contribution in [0, 0.1) is 5.25 Å². The number of aliphatic hydroxyl groups excluding tert-OH is 2. The van der Waals surface area contributed by atoms with E-state index in [-0.39, 0.29) is 5.25 Å². The van der Waals surface area contributed by atoms with E-state index in [1.54, 1.807) is 6.92 Å². The van der Waals surface area contributed by atoms with E-state index in [4.69, 9.17) is 10.2 Å². The van der Waals surface area contributed by atoms with E-state index < -0.39 is 18.2 Å². The van der Waals surface area contributed by atoms with E-state index in [0.717, 1.165) is 11.8 Å². The second kappa shape index (κ2) is 6.06. The van der Waals surface area contributed by atoms with Crippen molar-refractivity contribution in [2.45, 2.75) is 33.0 Å². The van der Waals surface area contributed by atoms with Crippen LogP contribution in [0.25, 0.3) is 0 Å². The van der Waals surface area contributed by atoms with Gasteiger partial charge in [-0.05, 0) is 26.8 Å². The molecule has 0 saturated carbocycles. The van der Waals surface area contributed by atoms with Crippen molar-refractivity contribution >= 4 is 17.7 Å². The van der Waals surface area contributed by atoms with Crippen molar-refractivity contribution in [3.63, 3.8) is 0 Å². The fourth-order valence-electron chi connectivity index (χ4n) is 0.717. The molecule has 2 unspecified atom stereocenters. The summed E-state index contributed by atoms with van der Waals surface area (Å²) < 4.78 is 0. The quantitative estimate of drug-likeness (QED) is 0.643. The molecule has 0 amide bonds. The topological polar surface area (TPSA) is 77.8 Å². The Kier molecular flexibility index (Phi) is 5.83. The minimum absolute atomic E-state index is 0.165. The van der Waals surface area contributed by atoms with E-state index in [2.05, 4.69) is 0 Å². The second-order valence-electron chi connectivity index (χ2n) is 2.95. The number of hydrogen-bond donors (Lipinski definition) is 3. The molecule has 3 N–H and O–H groups in total. The fourth-order valence-corrected chi connectivity index (χ4v) is 1.59. The molecule has 0 aromatic heterocycles. The summed E-state index contributed by atoms with van der Waals surface area (Å²) in [6, 6.07) is 0. The van der Waals surface area contributed by atoms with Crippen molar-refractivity contribution in [3.8, 4) is 0 Å². The molecule has 0 bridgehead atoms. The Bertz CT molecular complexity index is 223. The van der Waals surface area contributed by atoms with Gasteiger partial charge >= 0.3 is 5.97 Å². The van der Waals surface area contributed by atoms with Crippen LogP contribution in [0.1, 0.15) is 20.8 Å². The van der Waals surface area contributed by atoms with Crippen molar-refractivity contribution < 1.29 is 20.1 Å². The summed E-state index contributed by atoms with van der Waals surface area (Å²) >= 11 is 0.957. The second-order valence-corrected chi connectivity index (χ2v) is 4.24. The maximum Gasteiger partial charge on any atom is 0.321 e. The van der Waals surface area contributed by atoms with Crippen molar-refractivity contribution in [1.82, 2.24) is 0 Å². The van der Waals surface area contributed by atoms with Gasteiger partial charge in [-0.3, -0.25) is 4.79 Å². The van der Waals surface area contributed by atoms with Crippen molar-refractivity contribution in [1.29, 1.82) is 0 Å². The van der Waals surface area contributed by atoms with E-state index in [1.165, 1.54) is 19.9 Å². The highest BCUT2D eigenvalue weighted by Gasteiger charge is 2.18. The lowest BCUT2D eigenvalue weighted by Crippen LogP contribution is -2.10. The number of carbonyl (C=O) groups is 1. The minimum atomic E-state index is -1.02. The molecule has 2 atom stereocenters. The summed E-state index contributed by atoms with van der Waals surface area (Å²) in [5, 5.41) is 27.1. The standard InChI is InChI=1S/C9H15O4S/c1-5(10)4-8(6(2)11)14-7(3)9(12)13/h4-6,10-11H,1-3H3,(H,12,13)/b8-4+. The Balaban J connectivity index is 4.46. The lowest BCUT2D eigenvalue weighted by atomic mass is 10.3. The van der Waals surface area contributed by atoms with Gasteiger partial charge in [-0.15, -0.1) is 11.8 Å². The first-order valence-electron chi connectivity index (χ1n) is 4.17. The van der Waals surface area contributed by atoms with Gasteiger partial charge in [0.25, 0.3) is 0 Å². The van der Waals surface area contributed by atoms with Crippen LogP contribution in [0.3, 0.4) is 0 Å². The molecule has 0 heterocycles. The Morgan fingerprint density at radius 3 is 2.14 bits per heavy atom. The normalized spacial score (nSPS) is 16.9. The summed E-state index contributed by atoms with van der Waals surface area (Å²) in [6.45, 7) is 4.51. The molecule has 1 radical (unpaired) electrons. The summed E-state index contributed by atoms with van der Waals surface area (Å²) in [6.07, 6.45) is -0.0421. The first-order chi connectivity index (χ1) is 6.34. The lowest BCUT2D eigenvalue weighted by Gasteiger charge is -2.13. The van der Waals surface area contributed by atoms with Gasteiger partial charge in [-0.1, -0.05) is 0 Å². The average Bonchev–Trinajstić information content (AvgIpc) is 2.01. The zero-order chi connectivity index (χ0) is 11.3. The molecule has 0 aliphatic carbocycles. The predicted molar refractivity (Wildman–Crippen MR) is 55.6 cm³/mol. The average molecular weight is 219 g/mol. The van der Waals surface area contributed by atoms with E-state index >= 15 is 0 Å². The van der Waals surface area contributed by atoms with Crippen LogP contribution in [0.5, 0.6) is 0 Å². The smallest absolute Gasteiger partial charge is 0.321 e. The zero-order valence-electron chi connectivity index (χ0n) is 8.39. The number of aliphatic carboxylic acids is 1. The number of hydrogen-bond acceptors (Lipinski definition) is 4. The van der Waals surface area contributed by atoms with Gasteiger partial charge in [0.2, 0.25) is 0 Å². The maximum absolute atomic E-state index is 10.5. The van der Waals surface area contributed by atoms with Crippen LogP contribution in [0.4, 0.5) is 0 Å². The van der Waals surface area contributed by atoms with Gasteiger partial charge in [0, 0.05) is 4.91 Å². The Hall–Kier alpha value is -0.520. The van der Waals surface area contributed by atoms with Gasteiger partial charge in [0.1, 0.15) is 5.25 Å². The van der Waals surface area contributed by atoms with Crippen LogP contribution < -0.4 is 0 Å². The molecule has 0 saturated heterocycles. The summed E-state index contributed by atoms with van der Waals surface area (Å²) in [7, 11) is 0. The molecule has 0 fully saturated rings. The Labute approximate surface area is 87.6 Å². The van der Waals surface area contributed by atoms with Gasteiger partial charge in [-0.25, -0.2) is 0 Å². The molecular formula is C9H15O4S. The molecule has 0 rings (SSSR count). The van der Waals surface area contributed by atoms with E-state index in [1.807, 2.05) is 0 Å². The molecule has 5 heteroatoms. The molecular weight excluding hydrogens is 204 g/mol. The molecule has 81 valence electrons. The lowest BCUT2D eigenvalue weighted by molar-refractivity contribution is -0.133. The monoisotopic (exact) mass is 219 g/mol. The molecule has 0 aromatic rings. The number of rotatable bonds is 5. The van der Waals surface area contributed by atoms with Crippen molar-refractivity contribution in [3.05, 3.63) is 16.2 Å². The minimum Gasteiger partial charge on any atom is -0.480 e. The Morgan fingerprint density at radius 2 is 1.86 bits per heavy atom. The first-order valence-corrected chi connectivity index (χ1v) is 4.98. The third-order valence-electron chi connectivity index (χ3n) is 1.39. The molecule has 0 spiro atoms. The van der Waals surface area contributed by atoms with E-state index in [9.17, 15) is 9.90 Å². The van der Waals surface area contributed by atoms with Crippen molar-refractivity contribution in [2.24, 2.45) is 0 Å². The van der Waals surface area contributed by atoms with Gasteiger partial charge in [0.05, 0.1) is 12.2 Å². The summed E-state index contributed by atoms with van der Waals surface area (Å²) in [5.41, 5.74) is 0. The van der Waals surface area contributed by atoms with Gasteiger partial charge in [-0.2, -0.15) is 0 Å². The highest BCUT2D eigenvalue weighted by atomic mass is 32.2. The third-order valence-corrected chi connectivity index (χ3v) is 2.58. The number of thioether (sulfide) groups is 1. The highest BCUT2D eigenvalue weighted by Crippen LogP contribution is 2.30. The number of carboxylic acid groups (broad SMARTS) is 1.